The minimum atomic E-state index is -0.0113. The van der Waals surface area contributed by atoms with Crippen molar-refractivity contribution < 1.29 is 9.59 Å². The molecule has 0 radical (unpaired) electrons. The van der Waals surface area contributed by atoms with Gasteiger partial charge in [-0.2, -0.15) is 0 Å². The van der Waals surface area contributed by atoms with Gasteiger partial charge in [0, 0.05) is 39.0 Å². The average Bonchev–Trinajstić information content (AvgIpc) is 2.59. The van der Waals surface area contributed by atoms with Crippen LogP contribution in [0.15, 0.2) is 0 Å². The van der Waals surface area contributed by atoms with Crippen molar-refractivity contribution in [3.8, 4) is 0 Å². The van der Waals surface area contributed by atoms with Crippen LogP contribution in [0.1, 0.15) is 38.5 Å². The van der Waals surface area contributed by atoms with E-state index < -0.39 is 0 Å². The van der Waals surface area contributed by atoms with Gasteiger partial charge < -0.3 is 32.7 Å². The van der Waals surface area contributed by atoms with Crippen molar-refractivity contribution in [2.24, 2.45) is 22.9 Å². The second kappa shape index (κ2) is 26.9. The van der Waals surface area contributed by atoms with E-state index >= 15 is 0 Å². The van der Waals surface area contributed by atoms with Crippen molar-refractivity contribution in [3.05, 3.63) is 0 Å². The lowest BCUT2D eigenvalue weighted by molar-refractivity contribution is -0.137. The number of hydrogen-bond acceptors (Lipinski definition) is 6. The van der Waals surface area contributed by atoms with Gasteiger partial charge in [0.15, 0.2) is 0 Å². The molecule has 0 rings (SSSR count). The Balaban J connectivity index is -0.000000441. The van der Waals surface area contributed by atoms with Gasteiger partial charge in [0.05, 0.1) is 0 Å². The number of carbonyl (C=O) groups is 2. The van der Waals surface area contributed by atoms with Crippen molar-refractivity contribution >= 4 is 61.4 Å². The van der Waals surface area contributed by atoms with Crippen molar-refractivity contribution in [2.45, 2.75) is 38.5 Å². The lowest BCUT2D eigenvalue weighted by Gasteiger charge is -2.24. The Morgan fingerprint density at radius 3 is 0.893 bits per heavy atom. The number of amides is 2. The van der Waals surface area contributed by atoms with E-state index in [1.54, 1.807) is 9.80 Å². The van der Waals surface area contributed by atoms with Gasteiger partial charge >= 0.3 is 0 Å². The average molecular weight is 490 g/mol. The fraction of sp³-hybridized carbons (Fsp3) is 0.875. The molecule has 0 saturated carbocycles. The molecule has 0 saturated heterocycles. The molecule has 0 aliphatic heterocycles. The van der Waals surface area contributed by atoms with Gasteiger partial charge in [-0.25, -0.2) is 0 Å². The summed E-state index contributed by atoms with van der Waals surface area (Å²) in [5.74, 6) is -0.0225. The maximum atomic E-state index is 12.3. The number of nitrogens with zero attached hydrogens (tertiary/aromatic N) is 2. The van der Waals surface area contributed by atoms with Gasteiger partial charge in [-0.05, 0) is 51.9 Å². The highest BCUT2D eigenvalue weighted by atomic mass is 35.5. The minimum absolute atomic E-state index is 0. The van der Waals surface area contributed by atoms with E-state index in [9.17, 15) is 9.59 Å². The topological polar surface area (TPSA) is 145 Å². The fourth-order valence-electron chi connectivity index (χ4n) is 2.38. The number of nitrogens with two attached hydrogens (primary N) is 4. The van der Waals surface area contributed by atoms with E-state index in [2.05, 4.69) is 0 Å². The normalized spacial score (nSPS) is 9.14. The fourth-order valence-corrected chi connectivity index (χ4v) is 2.38. The van der Waals surface area contributed by atoms with Crippen LogP contribution in [0.5, 0.6) is 0 Å². The molecule has 0 spiro atoms. The SMILES string of the molecule is Cl.Cl.Cl.Cl.NCCCN(CCCN)C(=O)CCC(=O)N(CCCN)CCCN. The van der Waals surface area contributed by atoms with E-state index in [0.29, 0.717) is 52.4 Å². The maximum Gasteiger partial charge on any atom is 0.223 e. The monoisotopic (exact) mass is 488 g/mol. The van der Waals surface area contributed by atoms with Crippen LogP contribution in [0.4, 0.5) is 0 Å². The molecule has 0 aromatic rings. The van der Waals surface area contributed by atoms with Crippen LogP contribution >= 0.6 is 49.6 Å². The van der Waals surface area contributed by atoms with Crippen LogP contribution in [-0.2, 0) is 9.59 Å². The van der Waals surface area contributed by atoms with Crippen LogP contribution in [0.2, 0.25) is 0 Å². The van der Waals surface area contributed by atoms with E-state index in [1.165, 1.54) is 0 Å². The van der Waals surface area contributed by atoms with Crippen molar-refractivity contribution in [3.63, 3.8) is 0 Å². The van der Waals surface area contributed by atoms with Gasteiger partial charge in [0.25, 0.3) is 0 Å². The van der Waals surface area contributed by atoms with Gasteiger partial charge in [-0.1, -0.05) is 0 Å². The van der Waals surface area contributed by atoms with Crippen LogP contribution in [0.25, 0.3) is 0 Å². The Hall–Kier alpha value is -0.0600. The Bertz CT molecular complexity index is 309. The molecule has 0 aliphatic carbocycles. The maximum absolute atomic E-state index is 12.3. The molecule has 8 nitrogen and oxygen atoms in total. The predicted molar refractivity (Wildman–Crippen MR) is 126 cm³/mol. The summed E-state index contributed by atoms with van der Waals surface area (Å²) in [5.41, 5.74) is 22.1. The molecule has 0 fully saturated rings. The Labute approximate surface area is 194 Å². The van der Waals surface area contributed by atoms with Crippen LogP contribution in [-0.4, -0.2) is 74.0 Å². The van der Waals surface area contributed by atoms with E-state index in [1.807, 2.05) is 0 Å². The van der Waals surface area contributed by atoms with Crippen molar-refractivity contribution in [1.82, 2.24) is 9.80 Å². The first-order chi connectivity index (χ1) is 11.6. The first kappa shape index (κ1) is 38.5. The summed E-state index contributed by atoms with van der Waals surface area (Å²) in [6.07, 6.45) is 3.45. The Morgan fingerprint density at radius 2 is 0.714 bits per heavy atom. The summed E-state index contributed by atoms with van der Waals surface area (Å²) < 4.78 is 0. The first-order valence-electron chi connectivity index (χ1n) is 8.96. The number of carbonyl (C=O) groups excluding carboxylic acids is 2. The third-order valence-electron chi connectivity index (χ3n) is 3.79. The molecule has 0 atom stereocenters. The Kier molecular flexibility index (Phi) is 37.1. The first-order valence-corrected chi connectivity index (χ1v) is 8.96. The molecule has 0 aromatic carbocycles. The molecule has 8 N–H and O–H groups in total. The van der Waals surface area contributed by atoms with Crippen LogP contribution < -0.4 is 22.9 Å². The summed E-state index contributed by atoms with van der Waals surface area (Å²) in [4.78, 5) is 28.2. The molecule has 2 amide bonds. The second-order valence-electron chi connectivity index (χ2n) is 5.83. The highest BCUT2D eigenvalue weighted by molar-refractivity contribution is 5.86. The summed E-state index contributed by atoms with van der Waals surface area (Å²) in [6.45, 7) is 4.63. The summed E-state index contributed by atoms with van der Waals surface area (Å²) in [6, 6.07) is 0. The van der Waals surface area contributed by atoms with Gasteiger partial charge in [0.2, 0.25) is 11.8 Å². The zero-order valence-electron chi connectivity index (χ0n) is 16.6. The zero-order valence-corrected chi connectivity index (χ0v) is 19.8. The van der Waals surface area contributed by atoms with Gasteiger partial charge in [-0.3, -0.25) is 9.59 Å². The lowest BCUT2D eigenvalue weighted by atomic mass is 10.2. The van der Waals surface area contributed by atoms with Gasteiger partial charge in [0.1, 0.15) is 0 Å². The largest absolute Gasteiger partial charge is 0.343 e. The third kappa shape index (κ3) is 19.3. The lowest BCUT2D eigenvalue weighted by Crippen LogP contribution is -2.37. The number of halogens is 4. The summed E-state index contributed by atoms with van der Waals surface area (Å²) >= 11 is 0. The molecule has 28 heavy (non-hydrogen) atoms. The van der Waals surface area contributed by atoms with E-state index in [0.717, 1.165) is 25.7 Å². The van der Waals surface area contributed by atoms with Gasteiger partial charge in [-0.15, -0.1) is 49.6 Å². The number of rotatable bonds is 15. The molecule has 0 aliphatic rings. The molecule has 0 heterocycles. The highest BCUT2D eigenvalue weighted by Gasteiger charge is 2.17. The smallest absolute Gasteiger partial charge is 0.223 e. The molecular formula is C16H40Cl4N6O2. The van der Waals surface area contributed by atoms with Crippen molar-refractivity contribution in [1.29, 1.82) is 0 Å². The summed E-state index contributed by atoms with van der Waals surface area (Å²) in [5, 5.41) is 0. The molecule has 0 bridgehead atoms. The third-order valence-corrected chi connectivity index (χ3v) is 3.79. The molecule has 12 heteroatoms. The summed E-state index contributed by atoms with van der Waals surface area (Å²) in [7, 11) is 0. The highest BCUT2D eigenvalue weighted by Crippen LogP contribution is 2.05. The zero-order chi connectivity index (χ0) is 18.2. The van der Waals surface area contributed by atoms with Crippen molar-refractivity contribution in [2.75, 3.05) is 52.4 Å². The molecule has 0 aromatic heterocycles. The van der Waals surface area contributed by atoms with Crippen LogP contribution in [0.3, 0.4) is 0 Å². The Morgan fingerprint density at radius 1 is 0.500 bits per heavy atom. The number of hydrogen-bond donors (Lipinski definition) is 4. The minimum Gasteiger partial charge on any atom is -0.343 e. The predicted octanol–water partition coefficient (Wildman–Crippen LogP) is 0.506. The second-order valence-corrected chi connectivity index (χ2v) is 5.83. The molecule has 174 valence electrons. The molecular weight excluding hydrogens is 450 g/mol. The standard InChI is InChI=1S/C16H36N6O2.4ClH/c17-7-1-11-21(12-2-8-18)15(23)5-6-16(24)22(13-3-9-19)14-4-10-20;;;;/h1-14,17-20H2;4*1H. The molecule has 0 unspecified atom stereocenters. The van der Waals surface area contributed by atoms with E-state index in [4.69, 9.17) is 22.9 Å². The van der Waals surface area contributed by atoms with E-state index in [-0.39, 0.29) is 74.3 Å². The van der Waals surface area contributed by atoms with Crippen LogP contribution in [0, 0.1) is 0 Å². The quantitative estimate of drug-likeness (QED) is 0.263.